The molecule has 12 heavy (non-hydrogen) atoms. The minimum atomic E-state index is -0.257. The number of aryl methyl sites for hydroxylation is 1. The first kappa shape index (κ1) is 8.74. The molecule has 0 aliphatic heterocycles. The molecule has 2 N–H and O–H groups in total. The molecule has 1 aromatic carbocycles. The van der Waals surface area contributed by atoms with Gasteiger partial charge in [-0.1, -0.05) is 0 Å². The summed E-state index contributed by atoms with van der Waals surface area (Å²) in [5, 5.41) is 18.0. The largest absolute Gasteiger partial charge is 0.508 e. The van der Waals surface area contributed by atoms with Crippen LogP contribution in [0.25, 0.3) is 0 Å². The Labute approximate surface area is 70.3 Å². The summed E-state index contributed by atoms with van der Waals surface area (Å²) < 4.78 is 0. The quantitative estimate of drug-likeness (QED) is 0.644. The fraction of sp³-hybridized carbons (Fsp3) is 0.222. The van der Waals surface area contributed by atoms with Gasteiger partial charge in [0.05, 0.1) is 6.61 Å². The number of aliphatic hydroxyl groups excluding tert-OH is 1. The van der Waals surface area contributed by atoms with E-state index in [0.29, 0.717) is 23.0 Å². The maximum Gasteiger partial charge on any atom is 0.150 e. The van der Waals surface area contributed by atoms with Crippen LogP contribution in [-0.2, 0) is 6.61 Å². The molecular formula is C9H10O3. The summed E-state index contributed by atoms with van der Waals surface area (Å²) >= 11 is 0. The Morgan fingerprint density at radius 1 is 1.50 bits per heavy atom. The van der Waals surface area contributed by atoms with Gasteiger partial charge in [0, 0.05) is 11.1 Å². The molecule has 64 valence electrons. The molecule has 0 aliphatic rings. The summed E-state index contributed by atoms with van der Waals surface area (Å²) in [5.41, 5.74) is 1.58. The van der Waals surface area contributed by atoms with Crippen molar-refractivity contribution in [2.75, 3.05) is 0 Å². The van der Waals surface area contributed by atoms with Crippen LogP contribution in [0.15, 0.2) is 12.1 Å². The molecule has 3 nitrogen and oxygen atoms in total. The monoisotopic (exact) mass is 166 g/mol. The zero-order valence-electron chi connectivity index (χ0n) is 6.74. The highest BCUT2D eigenvalue weighted by Gasteiger charge is 2.04. The van der Waals surface area contributed by atoms with E-state index in [0.717, 1.165) is 0 Å². The second-order valence-electron chi connectivity index (χ2n) is 2.61. The molecule has 0 unspecified atom stereocenters. The molecule has 0 fully saturated rings. The summed E-state index contributed by atoms with van der Waals surface area (Å²) in [4.78, 5) is 10.4. The van der Waals surface area contributed by atoms with E-state index in [4.69, 9.17) is 5.11 Å². The Kier molecular flexibility index (Phi) is 2.45. The lowest BCUT2D eigenvalue weighted by atomic mass is 10.1. The van der Waals surface area contributed by atoms with Crippen LogP contribution in [0.1, 0.15) is 21.5 Å². The van der Waals surface area contributed by atoms with Crippen LogP contribution >= 0.6 is 0 Å². The molecule has 3 heteroatoms. The minimum Gasteiger partial charge on any atom is -0.508 e. The Morgan fingerprint density at radius 3 is 2.67 bits per heavy atom. The number of phenols is 1. The second kappa shape index (κ2) is 3.36. The van der Waals surface area contributed by atoms with Crippen LogP contribution in [0, 0.1) is 6.92 Å². The van der Waals surface area contributed by atoms with E-state index in [9.17, 15) is 9.90 Å². The topological polar surface area (TPSA) is 57.5 Å². The predicted molar refractivity (Wildman–Crippen MR) is 44.2 cm³/mol. The van der Waals surface area contributed by atoms with Gasteiger partial charge >= 0.3 is 0 Å². The molecular weight excluding hydrogens is 156 g/mol. The molecule has 0 bridgehead atoms. The minimum absolute atomic E-state index is 0.0283. The molecule has 0 aliphatic carbocycles. The van der Waals surface area contributed by atoms with Crippen molar-refractivity contribution >= 4 is 6.29 Å². The number of hydrogen-bond donors (Lipinski definition) is 2. The van der Waals surface area contributed by atoms with Crippen molar-refractivity contribution in [3.63, 3.8) is 0 Å². The number of aldehydes is 1. The average molecular weight is 166 g/mol. The normalized spacial score (nSPS) is 9.83. The number of benzene rings is 1. The van der Waals surface area contributed by atoms with Crippen molar-refractivity contribution in [3.8, 4) is 5.75 Å². The predicted octanol–water partition coefficient (Wildman–Crippen LogP) is 1.01. The summed E-state index contributed by atoms with van der Waals surface area (Å²) in [6, 6.07) is 2.95. The van der Waals surface area contributed by atoms with Crippen LogP contribution in [0.5, 0.6) is 5.75 Å². The molecule has 0 saturated carbocycles. The highest BCUT2D eigenvalue weighted by Crippen LogP contribution is 2.20. The molecule has 0 saturated heterocycles. The van der Waals surface area contributed by atoms with E-state index in [2.05, 4.69) is 0 Å². The van der Waals surface area contributed by atoms with Crippen LogP contribution < -0.4 is 0 Å². The Morgan fingerprint density at radius 2 is 2.17 bits per heavy atom. The maximum atomic E-state index is 10.4. The standard InChI is InChI=1S/C9H10O3/c1-6-2-9(12)8(5-11)3-7(6)4-10/h2-4,11-12H,5H2,1H3. The lowest BCUT2D eigenvalue weighted by molar-refractivity contribution is 0.112. The summed E-state index contributed by atoms with van der Waals surface area (Å²) in [7, 11) is 0. The van der Waals surface area contributed by atoms with Crippen LogP contribution in [0.4, 0.5) is 0 Å². The number of carbonyl (C=O) groups excluding carboxylic acids is 1. The first-order valence-electron chi connectivity index (χ1n) is 3.57. The Bertz CT molecular complexity index is 305. The lowest BCUT2D eigenvalue weighted by Crippen LogP contribution is -1.91. The summed E-state index contributed by atoms with van der Waals surface area (Å²) in [5.74, 6) is 0.0283. The van der Waals surface area contributed by atoms with Gasteiger partial charge in [0.2, 0.25) is 0 Å². The number of carbonyl (C=O) groups is 1. The van der Waals surface area contributed by atoms with Gasteiger partial charge in [-0.25, -0.2) is 0 Å². The van der Waals surface area contributed by atoms with Gasteiger partial charge < -0.3 is 10.2 Å². The third-order valence-corrected chi connectivity index (χ3v) is 1.76. The van der Waals surface area contributed by atoms with E-state index in [1.54, 1.807) is 6.92 Å². The number of aromatic hydroxyl groups is 1. The van der Waals surface area contributed by atoms with Crippen molar-refractivity contribution in [2.45, 2.75) is 13.5 Å². The smallest absolute Gasteiger partial charge is 0.150 e. The zero-order valence-corrected chi connectivity index (χ0v) is 6.74. The molecule has 1 aromatic rings. The molecule has 1 rings (SSSR count). The second-order valence-corrected chi connectivity index (χ2v) is 2.61. The Balaban J connectivity index is 3.26. The summed E-state index contributed by atoms with van der Waals surface area (Å²) in [6.45, 7) is 1.47. The molecule has 0 aromatic heterocycles. The number of hydrogen-bond acceptors (Lipinski definition) is 3. The van der Waals surface area contributed by atoms with Gasteiger partial charge in [-0.15, -0.1) is 0 Å². The first-order valence-corrected chi connectivity index (χ1v) is 3.57. The van der Waals surface area contributed by atoms with Crippen molar-refractivity contribution in [3.05, 3.63) is 28.8 Å². The lowest BCUT2D eigenvalue weighted by Gasteiger charge is -2.04. The van der Waals surface area contributed by atoms with E-state index in [-0.39, 0.29) is 12.4 Å². The van der Waals surface area contributed by atoms with Crippen LogP contribution in [0.3, 0.4) is 0 Å². The van der Waals surface area contributed by atoms with Crippen molar-refractivity contribution in [2.24, 2.45) is 0 Å². The van der Waals surface area contributed by atoms with Crippen LogP contribution in [0.2, 0.25) is 0 Å². The highest BCUT2D eigenvalue weighted by atomic mass is 16.3. The molecule has 0 radical (unpaired) electrons. The van der Waals surface area contributed by atoms with Gasteiger partial charge in [-0.05, 0) is 24.6 Å². The third kappa shape index (κ3) is 1.46. The van der Waals surface area contributed by atoms with E-state index in [1.807, 2.05) is 0 Å². The first-order chi connectivity index (χ1) is 5.69. The van der Waals surface area contributed by atoms with Gasteiger partial charge in [-0.3, -0.25) is 4.79 Å². The van der Waals surface area contributed by atoms with Gasteiger partial charge in [-0.2, -0.15) is 0 Å². The SMILES string of the molecule is Cc1cc(O)c(CO)cc1C=O. The average Bonchev–Trinajstić information content (AvgIpc) is 2.05. The van der Waals surface area contributed by atoms with E-state index in [1.165, 1.54) is 12.1 Å². The van der Waals surface area contributed by atoms with E-state index < -0.39 is 0 Å². The zero-order chi connectivity index (χ0) is 9.14. The van der Waals surface area contributed by atoms with Gasteiger partial charge in [0.15, 0.2) is 0 Å². The number of rotatable bonds is 2. The Hall–Kier alpha value is -1.35. The molecule has 0 spiro atoms. The van der Waals surface area contributed by atoms with Gasteiger partial charge in [0.25, 0.3) is 0 Å². The van der Waals surface area contributed by atoms with Crippen molar-refractivity contribution < 1.29 is 15.0 Å². The fourth-order valence-corrected chi connectivity index (χ4v) is 1.01. The fourth-order valence-electron chi connectivity index (χ4n) is 1.01. The maximum absolute atomic E-state index is 10.4. The molecule has 0 atom stereocenters. The van der Waals surface area contributed by atoms with Gasteiger partial charge in [0.1, 0.15) is 12.0 Å². The van der Waals surface area contributed by atoms with Crippen LogP contribution in [-0.4, -0.2) is 16.5 Å². The molecule has 0 heterocycles. The highest BCUT2D eigenvalue weighted by molar-refractivity contribution is 5.78. The third-order valence-electron chi connectivity index (χ3n) is 1.76. The van der Waals surface area contributed by atoms with E-state index >= 15 is 0 Å². The molecule has 0 amide bonds. The van der Waals surface area contributed by atoms with Crippen molar-refractivity contribution in [1.29, 1.82) is 0 Å². The number of aliphatic hydroxyl groups is 1. The van der Waals surface area contributed by atoms with Crippen molar-refractivity contribution in [1.82, 2.24) is 0 Å². The summed E-state index contributed by atoms with van der Waals surface area (Å²) in [6.07, 6.45) is 0.702.